The van der Waals surface area contributed by atoms with Gasteiger partial charge in [-0.05, 0) is 74.2 Å². The predicted molar refractivity (Wildman–Crippen MR) is 150 cm³/mol. The molecule has 0 spiro atoms. The third-order valence-electron chi connectivity index (χ3n) is 6.97. The van der Waals surface area contributed by atoms with Crippen molar-refractivity contribution in [1.82, 2.24) is 4.90 Å². The molecule has 39 heavy (non-hydrogen) atoms. The Morgan fingerprint density at radius 3 is 2.44 bits per heavy atom. The molecule has 0 bridgehead atoms. The molecule has 0 N–H and O–H groups in total. The van der Waals surface area contributed by atoms with Gasteiger partial charge in [-0.15, -0.1) is 0 Å². The van der Waals surface area contributed by atoms with Gasteiger partial charge in [0, 0.05) is 6.54 Å². The average Bonchev–Trinajstić information content (AvgIpc) is 3.23. The van der Waals surface area contributed by atoms with Crippen molar-refractivity contribution in [3.05, 3.63) is 98.9 Å². The van der Waals surface area contributed by atoms with Crippen molar-refractivity contribution in [2.75, 3.05) is 26.9 Å². The zero-order valence-electron chi connectivity index (χ0n) is 22.8. The maximum absolute atomic E-state index is 13.9. The first-order valence-corrected chi connectivity index (χ1v) is 13.4. The lowest BCUT2D eigenvalue weighted by atomic mass is 9.97. The molecule has 1 amide bonds. The van der Waals surface area contributed by atoms with E-state index in [1.165, 1.54) is 0 Å². The monoisotopic (exact) mass is 527 g/mol. The second kappa shape index (κ2) is 11.2. The Morgan fingerprint density at radius 2 is 1.72 bits per heavy atom. The number of aryl methyl sites for hydroxylation is 1. The Bertz CT molecular complexity index is 1560. The molecule has 0 radical (unpaired) electrons. The van der Waals surface area contributed by atoms with Gasteiger partial charge in [-0.1, -0.05) is 36.8 Å². The van der Waals surface area contributed by atoms with Crippen LogP contribution in [0.15, 0.2) is 69.9 Å². The van der Waals surface area contributed by atoms with Crippen LogP contribution in [-0.2, 0) is 6.42 Å². The summed E-state index contributed by atoms with van der Waals surface area (Å²) in [5.74, 6) is 1.79. The molecule has 7 heteroatoms. The summed E-state index contributed by atoms with van der Waals surface area (Å²) in [4.78, 5) is 29.4. The molecule has 1 unspecified atom stereocenters. The highest BCUT2D eigenvalue weighted by Crippen LogP contribution is 2.41. The van der Waals surface area contributed by atoms with Crippen molar-refractivity contribution >= 4 is 16.9 Å². The average molecular weight is 528 g/mol. The van der Waals surface area contributed by atoms with E-state index in [2.05, 4.69) is 0 Å². The van der Waals surface area contributed by atoms with E-state index in [1.54, 1.807) is 18.1 Å². The number of methoxy groups -OCH3 is 1. The van der Waals surface area contributed by atoms with Gasteiger partial charge < -0.3 is 23.5 Å². The standard InChI is InChI=1S/C32H33NO6/c1-5-17-38-26-14-10-22(19-27(26)37-6-2)29-28-30(34)24-18-20(3)7-13-25(24)39-31(28)32(35)33(29)16-15-21-8-11-23(36-4)12-9-21/h7-14,18-19,29H,5-6,15-17H2,1-4H3. The summed E-state index contributed by atoms with van der Waals surface area (Å²) in [6.45, 7) is 7.30. The summed E-state index contributed by atoms with van der Waals surface area (Å²) >= 11 is 0. The first-order chi connectivity index (χ1) is 18.9. The van der Waals surface area contributed by atoms with Crippen molar-refractivity contribution in [3.63, 3.8) is 0 Å². The molecule has 0 saturated carbocycles. The Kier molecular flexibility index (Phi) is 7.59. The number of ether oxygens (including phenoxy) is 3. The van der Waals surface area contributed by atoms with Crippen molar-refractivity contribution in [1.29, 1.82) is 0 Å². The van der Waals surface area contributed by atoms with E-state index in [1.807, 2.05) is 75.4 Å². The molecule has 4 aromatic rings. The largest absolute Gasteiger partial charge is 0.497 e. The van der Waals surface area contributed by atoms with Gasteiger partial charge in [0.15, 0.2) is 16.9 Å². The highest BCUT2D eigenvalue weighted by molar-refractivity contribution is 5.99. The predicted octanol–water partition coefficient (Wildman–Crippen LogP) is 6.09. The Morgan fingerprint density at radius 1 is 0.923 bits per heavy atom. The minimum atomic E-state index is -0.619. The van der Waals surface area contributed by atoms with Gasteiger partial charge in [-0.25, -0.2) is 0 Å². The van der Waals surface area contributed by atoms with Crippen LogP contribution < -0.4 is 19.6 Å². The van der Waals surface area contributed by atoms with Crippen LogP contribution in [0.25, 0.3) is 11.0 Å². The summed E-state index contributed by atoms with van der Waals surface area (Å²) < 4.78 is 23.2. The van der Waals surface area contributed by atoms with Crippen LogP contribution in [0.5, 0.6) is 17.2 Å². The number of carbonyl (C=O) groups is 1. The van der Waals surface area contributed by atoms with Crippen LogP contribution in [0.3, 0.4) is 0 Å². The molecule has 0 fully saturated rings. The number of rotatable bonds is 10. The molecule has 1 atom stereocenters. The van der Waals surface area contributed by atoms with Gasteiger partial charge in [-0.2, -0.15) is 0 Å². The number of nitrogens with zero attached hydrogens (tertiary/aromatic N) is 1. The molecular formula is C32H33NO6. The second-order valence-electron chi connectivity index (χ2n) is 9.66. The second-order valence-corrected chi connectivity index (χ2v) is 9.66. The molecule has 1 aliphatic rings. The van der Waals surface area contributed by atoms with Gasteiger partial charge >= 0.3 is 0 Å². The van der Waals surface area contributed by atoms with Crippen LogP contribution in [0, 0.1) is 6.92 Å². The lowest BCUT2D eigenvalue weighted by Gasteiger charge is -2.26. The van der Waals surface area contributed by atoms with Crippen molar-refractivity contribution in [2.24, 2.45) is 0 Å². The number of benzene rings is 3. The van der Waals surface area contributed by atoms with Crippen molar-refractivity contribution in [2.45, 2.75) is 39.7 Å². The third kappa shape index (κ3) is 5.09. The number of fused-ring (bicyclic) bond motifs is 2. The lowest BCUT2D eigenvalue weighted by Crippen LogP contribution is -2.31. The summed E-state index contributed by atoms with van der Waals surface area (Å²) in [5, 5.41) is 0.469. The van der Waals surface area contributed by atoms with Gasteiger partial charge in [0.05, 0.1) is 37.3 Å². The fraction of sp³-hybridized carbons (Fsp3) is 0.312. The zero-order valence-corrected chi connectivity index (χ0v) is 22.8. The molecule has 3 aromatic carbocycles. The van der Waals surface area contributed by atoms with E-state index < -0.39 is 6.04 Å². The molecule has 2 heterocycles. The van der Waals surface area contributed by atoms with Gasteiger partial charge in [0.2, 0.25) is 5.76 Å². The van der Waals surface area contributed by atoms with E-state index in [4.69, 9.17) is 18.6 Å². The quantitative estimate of drug-likeness (QED) is 0.249. The van der Waals surface area contributed by atoms with Crippen LogP contribution in [-0.4, -0.2) is 37.7 Å². The Balaban J connectivity index is 1.61. The molecule has 0 aliphatic carbocycles. The topological polar surface area (TPSA) is 78.2 Å². The van der Waals surface area contributed by atoms with E-state index in [0.29, 0.717) is 54.2 Å². The molecular weight excluding hydrogens is 494 g/mol. The number of hydrogen-bond acceptors (Lipinski definition) is 6. The molecule has 0 saturated heterocycles. The normalized spacial score (nSPS) is 14.5. The van der Waals surface area contributed by atoms with E-state index in [0.717, 1.165) is 28.9 Å². The summed E-state index contributed by atoms with van der Waals surface area (Å²) in [5.41, 5.74) is 3.34. The summed E-state index contributed by atoms with van der Waals surface area (Å²) in [6.07, 6.45) is 1.47. The maximum atomic E-state index is 13.9. The first kappa shape index (κ1) is 26.4. The SMILES string of the molecule is CCCOc1ccc(C2c3c(oc4ccc(C)cc4c3=O)C(=O)N2CCc2ccc(OC)cc2)cc1OCC. The lowest BCUT2D eigenvalue weighted by molar-refractivity contribution is 0.0729. The number of amides is 1. The maximum Gasteiger partial charge on any atom is 0.290 e. The minimum Gasteiger partial charge on any atom is -0.497 e. The highest BCUT2D eigenvalue weighted by Gasteiger charge is 2.42. The van der Waals surface area contributed by atoms with E-state index in [-0.39, 0.29) is 17.1 Å². The summed E-state index contributed by atoms with van der Waals surface area (Å²) in [7, 11) is 1.63. The smallest absolute Gasteiger partial charge is 0.290 e. The Labute approximate surface area is 227 Å². The van der Waals surface area contributed by atoms with Crippen molar-refractivity contribution in [3.8, 4) is 17.2 Å². The van der Waals surface area contributed by atoms with Gasteiger partial charge in [0.1, 0.15) is 11.3 Å². The van der Waals surface area contributed by atoms with Crippen LogP contribution >= 0.6 is 0 Å². The first-order valence-electron chi connectivity index (χ1n) is 13.4. The third-order valence-corrected chi connectivity index (χ3v) is 6.97. The van der Waals surface area contributed by atoms with E-state index in [9.17, 15) is 9.59 Å². The van der Waals surface area contributed by atoms with Gasteiger partial charge in [0.25, 0.3) is 5.91 Å². The number of hydrogen-bond donors (Lipinski definition) is 0. The fourth-order valence-corrected chi connectivity index (χ4v) is 5.05. The molecule has 1 aromatic heterocycles. The van der Waals surface area contributed by atoms with Gasteiger partial charge in [-0.3, -0.25) is 9.59 Å². The van der Waals surface area contributed by atoms with Crippen LogP contribution in [0.2, 0.25) is 0 Å². The van der Waals surface area contributed by atoms with Crippen molar-refractivity contribution < 1.29 is 23.4 Å². The van der Waals surface area contributed by atoms with E-state index >= 15 is 0 Å². The molecule has 202 valence electrons. The summed E-state index contributed by atoms with van der Waals surface area (Å²) in [6, 6.07) is 18.2. The minimum absolute atomic E-state index is 0.0975. The highest BCUT2D eigenvalue weighted by atomic mass is 16.5. The van der Waals surface area contributed by atoms with Crippen LogP contribution in [0.4, 0.5) is 0 Å². The fourth-order valence-electron chi connectivity index (χ4n) is 5.05. The zero-order chi connectivity index (χ0) is 27.5. The molecule has 5 rings (SSSR count). The van der Waals surface area contributed by atoms with Crippen LogP contribution in [0.1, 0.15) is 59.1 Å². The Hall–Kier alpha value is -4.26. The number of carbonyl (C=O) groups excluding carboxylic acids is 1. The molecule has 7 nitrogen and oxygen atoms in total. The molecule has 1 aliphatic heterocycles.